The summed E-state index contributed by atoms with van der Waals surface area (Å²) in [5.74, 6) is -0.182. The first-order valence-electron chi connectivity index (χ1n) is 9.20. The van der Waals surface area contributed by atoms with Crippen molar-refractivity contribution < 1.29 is 4.79 Å². The van der Waals surface area contributed by atoms with Crippen LogP contribution in [0.25, 0.3) is 0 Å². The summed E-state index contributed by atoms with van der Waals surface area (Å²) in [6, 6.07) is 18.4. The molecule has 3 aromatic rings. The fourth-order valence-electron chi connectivity index (χ4n) is 2.72. The molecule has 2 aromatic carbocycles. The minimum Gasteiger partial charge on any atom is -0.361 e. The average molecular weight is 406 g/mol. The number of pyridine rings is 1. The molecule has 0 fully saturated rings. The lowest BCUT2D eigenvalue weighted by molar-refractivity contribution is 0.102. The largest absolute Gasteiger partial charge is 0.361 e. The second-order valence-corrected chi connectivity index (χ2v) is 6.98. The van der Waals surface area contributed by atoms with Gasteiger partial charge in [0.1, 0.15) is 0 Å². The maximum absolute atomic E-state index is 12.3. The van der Waals surface area contributed by atoms with E-state index in [0.29, 0.717) is 22.9 Å². The van der Waals surface area contributed by atoms with E-state index in [-0.39, 0.29) is 11.9 Å². The number of aromatic nitrogens is 1. The minimum atomic E-state index is -0.260. The highest BCUT2D eigenvalue weighted by Crippen LogP contribution is 2.15. The van der Waals surface area contributed by atoms with Crippen LogP contribution in [0, 0.1) is 6.92 Å². The van der Waals surface area contributed by atoms with E-state index in [1.54, 1.807) is 36.7 Å². The van der Waals surface area contributed by atoms with Gasteiger partial charge in [0.2, 0.25) is 0 Å². The summed E-state index contributed by atoms with van der Waals surface area (Å²) in [6.07, 6.45) is 3.26. The number of hydrogen-bond acceptors (Lipinski definition) is 4. The first kappa shape index (κ1) is 20.4. The zero-order chi connectivity index (χ0) is 20.6. The molecule has 7 heteroatoms. The second-order valence-electron chi connectivity index (χ2n) is 6.57. The van der Waals surface area contributed by atoms with Gasteiger partial charge in [0.15, 0.2) is 5.11 Å². The van der Waals surface area contributed by atoms with Gasteiger partial charge in [-0.2, -0.15) is 0 Å². The average Bonchev–Trinajstić information content (AvgIpc) is 2.74. The minimum absolute atomic E-state index is 0.182. The van der Waals surface area contributed by atoms with Gasteiger partial charge in [0, 0.05) is 41.9 Å². The highest BCUT2D eigenvalue weighted by Gasteiger charge is 2.10. The van der Waals surface area contributed by atoms with E-state index >= 15 is 0 Å². The van der Waals surface area contributed by atoms with Crippen LogP contribution in [0.5, 0.6) is 0 Å². The van der Waals surface area contributed by atoms with Crippen LogP contribution in [0.3, 0.4) is 0 Å². The number of aryl methyl sites for hydroxylation is 1. The first-order chi connectivity index (χ1) is 14.0. The van der Waals surface area contributed by atoms with Crippen LogP contribution in [0.4, 0.5) is 11.4 Å². The number of rotatable bonds is 6. The zero-order valence-electron chi connectivity index (χ0n) is 16.1. The predicted octanol–water partition coefficient (Wildman–Crippen LogP) is 3.63. The number of anilines is 2. The molecule has 0 saturated heterocycles. The molecule has 1 aromatic heterocycles. The monoisotopic (exact) mass is 405 g/mol. The number of carbonyl (C=O) groups is 1. The number of carbonyl (C=O) groups excluding carboxylic acids is 1. The third kappa shape index (κ3) is 5.84. The van der Waals surface area contributed by atoms with Gasteiger partial charge in [-0.05, 0) is 60.6 Å². The van der Waals surface area contributed by atoms with Crippen molar-refractivity contribution in [3.05, 3.63) is 89.7 Å². The van der Waals surface area contributed by atoms with Crippen molar-refractivity contribution in [2.75, 3.05) is 17.2 Å². The first-order valence-corrected chi connectivity index (χ1v) is 9.61. The molecule has 0 radical (unpaired) electrons. The predicted molar refractivity (Wildman–Crippen MR) is 121 cm³/mol. The summed E-state index contributed by atoms with van der Waals surface area (Å²) >= 11 is 5.35. The molecule has 1 atom stereocenters. The van der Waals surface area contributed by atoms with Crippen molar-refractivity contribution in [2.45, 2.75) is 13.0 Å². The lowest BCUT2D eigenvalue weighted by Gasteiger charge is -2.17. The molecule has 1 heterocycles. The highest BCUT2D eigenvalue weighted by molar-refractivity contribution is 7.80. The van der Waals surface area contributed by atoms with Gasteiger partial charge in [-0.3, -0.25) is 9.78 Å². The van der Waals surface area contributed by atoms with Gasteiger partial charge in [0.25, 0.3) is 5.91 Å². The summed E-state index contributed by atoms with van der Waals surface area (Å²) in [4.78, 5) is 16.2. The quantitative estimate of drug-likeness (QED) is 0.468. The number of benzene rings is 2. The van der Waals surface area contributed by atoms with Crippen LogP contribution in [-0.2, 0) is 0 Å². The normalized spacial score (nSPS) is 11.4. The van der Waals surface area contributed by atoms with E-state index in [4.69, 9.17) is 18.0 Å². The lowest BCUT2D eigenvalue weighted by Crippen LogP contribution is -2.34. The molecule has 6 nitrogen and oxygen atoms in total. The van der Waals surface area contributed by atoms with E-state index in [1.807, 2.05) is 43.3 Å². The Morgan fingerprint density at radius 2 is 1.72 bits per heavy atom. The molecule has 1 unspecified atom stereocenters. The standard InChI is InChI=1S/C22H23N5OS/c1-15-4-2-3-5-20(15)27-22(29)25-14-19(23)16-6-8-17(9-7-16)21(28)26-18-10-12-24-13-11-18/h2-13,19H,14,23H2,1H3,(H,24,26,28)(H2,25,27,29). The summed E-state index contributed by atoms with van der Waals surface area (Å²) in [5, 5.41) is 9.65. The van der Waals surface area contributed by atoms with Crippen LogP contribution in [0.2, 0.25) is 0 Å². The molecular formula is C22H23N5OS. The van der Waals surface area contributed by atoms with Crippen molar-refractivity contribution in [1.82, 2.24) is 10.3 Å². The van der Waals surface area contributed by atoms with Gasteiger partial charge in [-0.15, -0.1) is 0 Å². The van der Waals surface area contributed by atoms with Crippen LogP contribution >= 0.6 is 12.2 Å². The van der Waals surface area contributed by atoms with Crippen molar-refractivity contribution in [3.8, 4) is 0 Å². The molecule has 0 aliphatic rings. The summed E-state index contributed by atoms with van der Waals surface area (Å²) in [5.41, 5.74) is 10.5. The summed E-state index contributed by atoms with van der Waals surface area (Å²) in [7, 11) is 0. The molecule has 0 bridgehead atoms. The van der Waals surface area contributed by atoms with E-state index in [0.717, 1.165) is 16.8 Å². The Balaban J connectivity index is 1.52. The topological polar surface area (TPSA) is 92.1 Å². The zero-order valence-corrected chi connectivity index (χ0v) is 16.9. The highest BCUT2D eigenvalue weighted by atomic mass is 32.1. The Kier molecular flexibility index (Phi) is 6.89. The molecule has 1 amide bonds. The Bertz CT molecular complexity index is 976. The van der Waals surface area contributed by atoms with Gasteiger partial charge in [0.05, 0.1) is 0 Å². The second kappa shape index (κ2) is 9.77. The third-order valence-corrected chi connectivity index (χ3v) is 4.66. The summed E-state index contributed by atoms with van der Waals surface area (Å²) in [6.45, 7) is 2.49. The molecular weight excluding hydrogens is 382 g/mol. The Labute approximate surface area is 175 Å². The SMILES string of the molecule is Cc1ccccc1NC(=S)NCC(N)c1ccc(C(=O)Nc2ccncc2)cc1. The van der Waals surface area contributed by atoms with Crippen LogP contribution < -0.4 is 21.7 Å². The Hall–Kier alpha value is -3.29. The maximum Gasteiger partial charge on any atom is 0.255 e. The van der Waals surface area contributed by atoms with Crippen molar-refractivity contribution in [2.24, 2.45) is 5.73 Å². The molecule has 3 rings (SSSR count). The van der Waals surface area contributed by atoms with E-state index in [2.05, 4.69) is 20.9 Å². The number of nitrogens with two attached hydrogens (primary N) is 1. The van der Waals surface area contributed by atoms with Gasteiger partial charge < -0.3 is 21.7 Å². The maximum atomic E-state index is 12.3. The fraction of sp³-hybridized carbons (Fsp3) is 0.136. The lowest BCUT2D eigenvalue weighted by atomic mass is 10.1. The molecule has 0 aliphatic heterocycles. The van der Waals surface area contributed by atoms with Gasteiger partial charge in [-0.25, -0.2) is 0 Å². The smallest absolute Gasteiger partial charge is 0.255 e. The van der Waals surface area contributed by atoms with E-state index in [9.17, 15) is 4.79 Å². The summed E-state index contributed by atoms with van der Waals surface area (Å²) < 4.78 is 0. The van der Waals surface area contributed by atoms with Crippen LogP contribution in [0.15, 0.2) is 73.1 Å². The van der Waals surface area contributed by atoms with E-state index in [1.165, 1.54) is 0 Å². The molecule has 29 heavy (non-hydrogen) atoms. The third-order valence-electron chi connectivity index (χ3n) is 4.42. The Morgan fingerprint density at radius 3 is 2.41 bits per heavy atom. The van der Waals surface area contributed by atoms with Crippen molar-refractivity contribution >= 4 is 34.6 Å². The van der Waals surface area contributed by atoms with Crippen molar-refractivity contribution in [3.63, 3.8) is 0 Å². The van der Waals surface area contributed by atoms with Gasteiger partial charge >= 0.3 is 0 Å². The van der Waals surface area contributed by atoms with Crippen LogP contribution in [-0.4, -0.2) is 22.5 Å². The van der Waals surface area contributed by atoms with E-state index < -0.39 is 0 Å². The molecule has 0 spiro atoms. The van der Waals surface area contributed by atoms with Crippen LogP contribution in [0.1, 0.15) is 27.5 Å². The van der Waals surface area contributed by atoms with Gasteiger partial charge in [-0.1, -0.05) is 30.3 Å². The number of nitrogens with one attached hydrogen (secondary N) is 3. The fourth-order valence-corrected chi connectivity index (χ4v) is 2.91. The number of hydrogen-bond donors (Lipinski definition) is 4. The molecule has 5 N–H and O–H groups in total. The molecule has 0 saturated carbocycles. The molecule has 148 valence electrons. The Morgan fingerprint density at radius 1 is 1.03 bits per heavy atom. The number of para-hydroxylation sites is 1. The van der Waals surface area contributed by atoms with Crippen molar-refractivity contribution in [1.29, 1.82) is 0 Å². The number of amides is 1. The number of nitrogens with zero attached hydrogens (tertiary/aromatic N) is 1. The number of thiocarbonyl (C=S) groups is 1. The molecule has 0 aliphatic carbocycles.